The highest BCUT2D eigenvalue weighted by Gasteiger charge is 2.40. The van der Waals surface area contributed by atoms with Crippen molar-refractivity contribution < 1.29 is 17.2 Å². The summed E-state index contributed by atoms with van der Waals surface area (Å²) in [6.45, 7) is 0. The second-order valence-corrected chi connectivity index (χ2v) is 8.30. The molecule has 0 aromatic heterocycles. The third-order valence-electron chi connectivity index (χ3n) is 4.30. The maximum absolute atomic E-state index is 13.1. The van der Waals surface area contributed by atoms with Crippen LogP contribution in [0.25, 0.3) is 0 Å². The van der Waals surface area contributed by atoms with E-state index in [1.165, 1.54) is 0 Å². The smallest absolute Gasteiger partial charge is 0.248 e. The zero-order valence-electron chi connectivity index (χ0n) is 10.9. The molecule has 2 rings (SSSR count). The van der Waals surface area contributed by atoms with E-state index in [1.54, 1.807) is 0 Å². The van der Waals surface area contributed by atoms with Crippen LogP contribution in [-0.4, -0.2) is 31.9 Å². The van der Waals surface area contributed by atoms with E-state index in [1.807, 2.05) is 0 Å². The van der Waals surface area contributed by atoms with Crippen LogP contribution in [0.15, 0.2) is 0 Å². The van der Waals surface area contributed by atoms with Gasteiger partial charge in [-0.2, -0.15) is 0 Å². The van der Waals surface area contributed by atoms with Crippen molar-refractivity contribution in [3.8, 4) is 0 Å². The fourth-order valence-electron chi connectivity index (χ4n) is 3.34. The Labute approximate surface area is 113 Å². The Hall–Kier alpha value is -0.270. The van der Waals surface area contributed by atoms with Crippen molar-refractivity contribution in [1.82, 2.24) is 5.43 Å². The molecule has 1 saturated heterocycles. The SMILES string of the molecule is NNC(CC1CCC(F)(F)C1)CC1CCS(=O)(=O)C1. The zero-order valence-corrected chi connectivity index (χ0v) is 11.8. The maximum Gasteiger partial charge on any atom is 0.248 e. The molecule has 0 amide bonds. The first-order valence-corrected chi connectivity index (χ1v) is 8.66. The minimum atomic E-state index is -2.88. The van der Waals surface area contributed by atoms with Crippen LogP contribution in [0.3, 0.4) is 0 Å². The van der Waals surface area contributed by atoms with Gasteiger partial charge < -0.3 is 0 Å². The molecule has 4 nitrogen and oxygen atoms in total. The van der Waals surface area contributed by atoms with Gasteiger partial charge in [-0.25, -0.2) is 17.2 Å². The topological polar surface area (TPSA) is 72.2 Å². The molecular weight excluding hydrogens is 274 g/mol. The molecule has 1 aliphatic heterocycles. The highest BCUT2D eigenvalue weighted by molar-refractivity contribution is 7.91. The van der Waals surface area contributed by atoms with E-state index in [9.17, 15) is 17.2 Å². The van der Waals surface area contributed by atoms with Crippen molar-refractivity contribution in [3.05, 3.63) is 0 Å². The largest absolute Gasteiger partial charge is 0.271 e. The predicted molar refractivity (Wildman–Crippen MR) is 69.4 cm³/mol. The average molecular weight is 296 g/mol. The maximum atomic E-state index is 13.1. The molecule has 1 heterocycles. The van der Waals surface area contributed by atoms with Crippen LogP contribution in [0, 0.1) is 11.8 Å². The normalized spacial score (nSPS) is 34.5. The third-order valence-corrected chi connectivity index (χ3v) is 6.14. The molecule has 3 atom stereocenters. The first kappa shape index (κ1) is 15.1. The molecule has 0 spiro atoms. The zero-order chi connectivity index (χ0) is 14.1. The summed E-state index contributed by atoms with van der Waals surface area (Å²) in [5.41, 5.74) is 2.67. The number of nitrogens with two attached hydrogens (primary N) is 1. The number of sulfone groups is 1. The second kappa shape index (κ2) is 5.61. The van der Waals surface area contributed by atoms with Crippen LogP contribution in [0.2, 0.25) is 0 Å². The van der Waals surface area contributed by atoms with Gasteiger partial charge in [-0.1, -0.05) is 0 Å². The molecule has 0 aromatic rings. The quantitative estimate of drug-likeness (QED) is 0.595. The van der Waals surface area contributed by atoms with Crippen LogP contribution < -0.4 is 11.3 Å². The van der Waals surface area contributed by atoms with Crippen molar-refractivity contribution in [1.29, 1.82) is 0 Å². The van der Waals surface area contributed by atoms with Gasteiger partial charge in [0, 0.05) is 18.9 Å². The van der Waals surface area contributed by atoms with Crippen LogP contribution in [0.4, 0.5) is 8.78 Å². The van der Waals surface area contributed by atoms with Crippen LogP contribution in [-0.2, 0) is 9.84 Å². The summed E-state index contributed by atoms with van der Waals surface area (Å²) < 4.78 is 49.0. The van der Waals surface area contributed by atoms with Crippen molar-refractivity contribution >= 4 is 9.84 Å². The molecule has 2 fully saturated rings. The number of nitrogens with one attached hydrogen (secondary N) is 1. The summed E-state index contributed by atoms with van der Waals surface area (Å²) in [7, 11) is -2.88. The second-order valence-electron chi connectivity index (χ2n) is 6.07. The molecule has 1 aliphatic carbocycles. The number of rotatable bonds is 5. The fraction of sp³-hybridized carbons (Fsp3) is 1.00. The van der Waals surface area contributed by atoms with E-state index in [-0.39, 0.29) is 42.2 Å². The Balaban J connectivity index is 1.81. The third kappa shape index (κ3) is 4.36. The van der Waals surface area contributed by atoms with Gasteiger partial charge in [0.15, 0.2) is 9.84 Å². The van der Waals surface area contributed by atoms with Crippen molar-refractivity contribution in [2.24, 2.45) is 17.7 Å². The Morgan fingerprint density at radius 3 is 2.42 bits per heavy atom. The van der Waals surface area contributed by atoms with Crippen LogP contribution in [0.1, 0.15) is 38.5 Å². The van der Waals surface area contributed by atoms with E-state index in [0.29, 0.717) is 25.7 Å². The molecule has 19 heavy (non-hydrogen) atoms. The monoisotopic (exact) mass is 296 g/mol. The summed E-state index contributed by atoms with van der Waals surface area (Å²) in [4.78, 5) is 0. The van der Waals surface area contributed by atoms with E-state index in [4.69, 9.17) is 5.84 Å². The number of hydrazine groups is 1. The van der Waals surface area contributed by atoms with E-state index in [0.717, 1.165) is 0 Å². The molecule has 7 heteroatoms. The Morgan fingerprint density at radius 1 is 1.26 bits per heavy atom. The number of hydrogen-bond donors (Lipinski definition) is 2. The van der Waals surface area contributed by atoms with Gasteiger partial charge >= 0.3 is 0 Å². The summed E-state index contributed by atoms with van der Waals surface area (Å²) in [5, 5.41) is 0. The van der Waals surface area contributed by atoms with Gasteiger partial charge in [0.05, 0.1) is 11.5 Å². The van der Waals surface area contributed by atoms with E-state index in [2.05, 4.69) is 5.43 Å². The lowest BCUT2D eigenvalue weighted by Gasteiger charge is -2.22. The standard InChI is InChI=1S/C12H22F2N2O2S/c13-12(14)3-1-9(7-12)5-11(16-15)6-10-2-4-19(17,18)8-10/h9-11,16H,1-8,15H2. The van der Waals surface area contributed by atoms with E-state index >= 15 is 0 Å². The van der Waals surface area contributed by atoms with Crippen LogP contribution in [0.5, 0.6) is 0 Å². The molecule has 112 valence electrons. The lowest BCUT2D eigenvalue weighted by Crippen LogP contribution is -2.38. The van der Waals surface area contributed by atoms with Gasteiger partial charge in [-0.05, 0) is 37.5 Å². The van der Waals surface area contributed by atoms with Gasteiger partial charge in [-0.15, -0.1) is 0 Å². The summed E-state index contributed by atoms with van der Waals surface area (Å²) >= 11 is 0. The van der Waals surface area contributed by atoms with E-state index < -0.39 is 15.8 Å². The first-order chi connectivity index (χ1) is 8.80. The Kier molecular flexibility index (Phi) is 4.47. The highest BCUT2D eigenvalue weighted by atomic mass is 32.2. The molecular formula is C12H22F2N2O2S. The number of hydrogen-bond acceptors (Lipinski definition) is 4. The molecule has 1 saturated carbocycles. The summed E-state index contributed by atoms with van der Waals surface area (Å²) in [5.74, 6) is 3.52. The number of alkyl halides is 2. The Bertz CT molecular complexity index is 414. The number of halogens is 2. The predicted octanol–water partition coefficient (Wildman–Crippen LogP) is 1.47. The minimum absolute atomic E-state index is 0.00550. The summed E-state index contributed by atoms with van der Waals surface area (Å²) in [6.07, 6.45) is 2.39. The van der Waals surface area contributed by atoms with Gasteiger partial charge in [0.25, 0.3) is 0 Å². The molecule has 0 bridgehead atoms. The molecule has 3 N–H and O–H groups in total. The minimum Gasteiger partial charge on any atom is -0.271 e. The fourth-order valence-corrected chi connectivity index (χ4v) is 5.22. The summed E-state index contributed by atoms with van der Waals surface area (Å²) in [6, 6.07) is -0.0581. The van der Waals surface area contributed by atoms with Gasteiger partial charge in [-0.3, -0.25) is 11.3 Å². The highest BCUT2D eigenvalue weighted by Crippen LogP contribution is 2.41. The van der Waals surface area contributed by atoms with Crippen molar-refractivity contribution in [2.75, 3.05) is 11.5 Å². The van der Waals surface area contributed by atoms with Crippen LogP contribution >= 0.6 is 0 Å². The molecule has 3 unspecified atom stereocenters. The molecule has 0 aromatic carbocycles. The molecule has 0 radical (unpaired) electrons. The van der Waals surface area contributed by atoms with Crippen molar-refractivity contribution in [3.63, 3.8) is 0 Å². The lowest BCUT2D eigenvalue weighted by molar-refractivity contribution is 0.00423. The first-order valence-electron chi connectivity index (χ1n) is 6.84. The van der Waals surface area contributed by atoms with Gasteiger partial charge in [0.1, 0.15) is 0 Å². The average Bonchev–Trinajstić information content (AvgIpc) is 2.80. The van der Waals surface area contributed by atoms with Crippen molar-refractivity contribution in [2.45, 2.75) is 50.5 Å². The molecule has 2 aliphatic rings. The van der Waals surface area contributed by atoms with Gasteiger partial charge in [0.2, 0.25) is 5.92 Å². The Morgan fingerprint density at radius 2 is 1.95 bits per heavy atom. The lowest BCUT2D eigenvalue weighted by atomic mass is 9.91.